The molecule has 0 bridgehead atoms. The molecule has 2 N–H and O–H groups in total. The van der Waals surface area contributed by atoms with Crippen LogP contribution in [-0.2, 0) is 0 Å². The van der Waals surface area contributed by atoms with Crippen LogP contribution in [0.1, 0.15) is 31.1 Å². The van der Waals surface area contributed by atoms with Gasteiger partial charge in [0.25, 0.3) is 0 Å². The number of hydrogen-bond donors (Lipinski definition) is 2. The number of carbonyl (C=O) groups is 3. The van der Waals surface area contributed by atoms with Crippen molar-refractivity contribution < 1.29 is 38.5 Å². The second kappa shape index (κ2) is 16.7. The van der Waals surface area contributed by atoms with E-state index in [-0.39, 0.29) is 11.4 Å². The van der Waals surface area contributed by atoms with E-state index in [1.54, 1.807) is 43.5 Å². The largest absolute Gasteiger partial charge is 0.497 e. The Bertz CT molecular complexity index is 922. The van der Waals surface area contributed by atoms with E-state index in [2.05, 4.69) is 0 Å². The fraction of sp³-hybridized carbons (Fsp3) is 0.125. The third-order valence-electron chi connectivity index (χ3n) is 3.59. The van der Waals surface area contributed by atoms with Crippen LogP contribution in [0, 0.1) is 5.82 Å². The Labute approximate surface area is 185 Å². The number of aromatic carboxylic acids is 1. The number of rotatable bonds is 5. The maximum atomic E-state index is 12.1. The zero-order valence-electron chi connectivity index (χ0n) is 17.9. The first-order valence-corrected chi connectivity index (χ1v) is 9.05. The highest BCUT2D eigenvalue weighted by Crippen LogP contribution is 2.11. The molecule has 32 heavy (non-hydrogen) atoms. The topological polar surface area (TPSA) is 110 Å². The van der Waals surface area contributed by atoms with Gasteiger partial charge in [0, 0.05) is 18.2 Å². The van der Waals surface area contributed by atoms with Gasteiger partial charge in [-0.15, -0.1) is 0 Å². The van der Waals surface area contributed by atoms with Gasteiger partial charge in [0.1, 0.15) is 29.9 Å². The number of aliphatic hydroxyl groups excluding tert-OH is 1. The van der Waals surface area contributed by atoms with E-state index < -0.39 is 5.97 Å². The molecule has 0 radical (unpaired) electrons. The number of hydrogen-bond acceptors (Lipinski definition) is 6. The lowest BCUT2D eigenvalue weighted by molar-refractivity contribution is 0.0696. The van der Waals surface area contributed by atoms with Crippen LogP contribution in [-0.4, -0.2) is 50.1 Å². The monoisotopic (exact) mass is 444 g/mol. The van der Waals surface area contributed by atoms with E-state index >= 15 is 0 Å². The number of aldehydes is 2. The Hall–Kier alpha value is -4.04. The van der Waals surface area contributed by atoms with Crippen LogP contribution in [0.2, 0.25) is 0 Å². The van der Waals surface area contributed by atoms with Gasteiger partial charge in [0.2, 0.25) is 0 Å². The summed E-state index contributed by atoms with van der Waals surface area (Å²) in [4.78, 5) is 30.5. The lowest BCUT2D eigenvalue weighted by Gasteiger charge is -1.98. The van der Waals surface area contributed by atoms with Crippen molar-refractivity contribution in [2.24, 2.45) is 0 Å². The number of halogens is 1. The smallest absolute Gasteiger partial charge is 0.335 e. The molecule has 0 atom stereocenters. The highest BCUT2D eigenvalue weighted by Gasteiger charge is 2.00. The molecule has 3 rings (SSSR count). The van der Waals surface area contributed by atoms with E-state index in [4.69, 9.17) is 19.7 Å². The Morgan fingerprint density at radius 2 is 1.06 bits per heavy atom. The first kappa shape index (κ1) is 28.0. The molecule has 3 aromatic rings. The van der Waals surface area contributed by atoms with Crippen molar-refractivity contribution in [1.82, 2.24) is 0 Å². The second-order valence-corrected chi connectivity index (χ2v) is 5.59. The van der Waals surface area contributed by atoms with Gasteiger partial charge in [-0.1, -0.05) is 0 Å². The molecule has 0 aliphatic carbocycles. The lowest BCUT2D eigenvalue weighted by atomic mass is 10.2. The fourth-order valence-electron chi connectivity index (χ4n) is 1.96. The number of aliphatic hydroxyl groups is 1. The number of carbonyl (C=O) groups excluding carboxylic acids is 2. The molecule has 0 amide bonds. The molecule has 0 saturated heterocycles. The molecular weight excluding hydrogens is 419 g/mol. The zero-order valence-corrected chi connectivity index (χ0v) is 17.9. The molecule has 0 aromatic heterocycles. The van der Waals surface area contributed by atoms with E-state index in [9.17, 15) is 18.8 Å². The summed E-state index contributed by atoms with van der Waals surface area (Å²) in [5.41, 5.74) is 1.43. The van der Waals surface area contributed by atoms with Crippen molar-refractivity contribution in [1.29, 1.82) is 0 Å². The van der Waals surface area contributed by atoms with Crippen LogP contribution in [0.15, 0.2) is 72.8 Å². The summed E-state index contributed by atoms with van der Waals surface area (Å²) < 4.78 is 21.9. The molecule has 0 spiro atoms. The Morgan fingerprint density at radius 3 is 1.38 bits per heavy atom. The predicted molar refractivity (Wildman–Crippen MR) is 118 cm³/mol. The molecule has 0 fully saturated rings. The van der Waals surface area contributed by atoms with Crippen molar-refractivity contribution >= 4 is 18.5 Å². The van der Waals surface area contributed by atoms with Gasteiger partial charge in [-0.25, -0.2) is 9.18 Å². The standard InChI is InChI=1S/C8H8O3.C8H8O2.C7H5FO.CH4O/c1-11-7-4-2-6(3-5-7)8(9)10;1-10-8-4-2-7(6-9)3-5-8;8-7-3-1-6(5-9)2-4-7;1-2/h2-5H,1H3,(H,9,10);2-6H,1H3;1-5H;2H,1H3. The highest BCUT2D eigenvalue weighted by molar-refractivity contribution is 5.87. The molecule has 0 saturated carbocycles. The van der Waals surface area contributed by atoms with Crippen LogP contribution in [0.5, 0.6) is 11.5 Å². The maximum Gasteiger partial charge on any atom is 0.335 e. The van der Waals surface area contributed by atoms with Crippen molar-refractivity contribution in [3.8, 4) is 11.5 Å². The SMILES string of the molecule is CO.COc1ccc(C(=O)O)cc1.COc1ccc(C=O)cc1.O=Cc1ccc(F)cc1. The minimum atomic E-state index is -0.923. The minimum Gasteiger partial charge on any atom is -0.497 e. The van der Waals surface area contributed by atoms with Crippen LogP contribution in [0.25, 0.3) is 0 Å². The summed E-state index contributed by atoms with van der Waals surface area (Å²) in [7, 11) is 4.13. The first-order chi connectivity index (χ1) is 15.4. The van der Waals surface area contributed by atoms with Gasteiger partial charge in [-0.05, 0) is 72.8 Å². The minimum absolute atomic E-state index is 0.269. The summed E-state index contributed by atoms with van der Waals surface area (Å²) in [6.07, 6.45) is 1.48. The number of carboxylic acid groups (broad SMARTS) is 1. The predicted octanol–water partition coefficient (Wildman–Crippen LogP) is 4.15. The van der Waals surface area contributed by atoms with E-state index in [0.717, 1.165) is 19.1 Å². The molecule has 0 aliphatic rings. The normalized spacial score (nSPS) is 8.66. The molecular formula is C24H25FO7. The molecule has 0 aliphatic heterocycles. The molecule has 3 aromatic carbocycles. The zero-order chi connectivity index (χ0) is 24.4. The van der Waals surface area contributed by atoms with E-state index in [1.165, 1.54) is 43.5 Å². The van der Waals surface area contributed by atoms with Crippen molar-refractivity contribution in [3.63, 3.8) is 0 Å². The van der Waals surface area contributed by atoms with Crippen LogP contribution in [0.4, 0.5) is 4.39 Å². The van der Waals surface area contributed by atoms with Gasteiger partial charge >= 0.3 is 5.97 Å². The van der Waals surface area contributed by atoms with Crippen molar-refractivity contribution in [2.45, 2.75) is 0 Å². The van der Waals surface area contributed by atoms with Crippen molar-refractivity contribution in [2.75, 3.05) is 21.3 Å². The Kier molecular flexibility index (Phi) is 14.6. The van der Waals surface area contributed by atoms with Gasteiger partial charge < -0.3 is 19.7 Å². The van der Waals surface area contributed by atoms with Crippen LogP contribution >= 0.6 is 0 Å². The van der Waals surface area contributed by atoms with Crippen LogP contribution < -0.4 is 9.47 Å². The third-order valence-corrected chi connectivity index (χ3v) is 3.59. The molecule has 8 heteroatoms. The maximum absolute atomic E-state index is 12.1. The van der Waals surface area contributed by atoms with Gasteiger partial charge in [-0.3, -0.25) is 9.59 Å². The van der Waals surface area contributed by atoms with Gasteiger partial charge in [0.05, 0.1) is 19.8 Å². The van der Waals surface area contributed by atoms with E-state index in [0.29, 0.717) is 23.2 Å². The molecule has 0 unspecified atom stereocenters. The quantitative estimate of drug-likeness (QED) is 0.569. The van der Waals surface area contributed by atoms with Gasteiger partial charge in [0.15, 0.2) is 0 Å². The summed E-state index contributed by atoms with van der Waals surface area (Å²) in [5.74, 6) is 0.189. The van der Waals surface area contributed by atoms with Crippen molar-refractivity contribution in [3.05, 3.63) is 95.3 Å². The first-order valence-electron chi connectivity index (χ1n) is 9.05. The van der Waals surface area contributed by atoms with E-state index in [1.807, 2.05) is 0 Å². The number of methoxy groups -OCH3 is 2. The molecule has 0 heterocycles. The molecule has 170 valence electrons. The highest BCUT2D eigenvalue weighted by atomic mass is 19.1. The lowest BCUT2D eigenvalue weighted by Crippen LogP contribution is -1.95. The average molecular weight is 444 g/mol. The second-order valence-electron chi connectivity index (χ2n) is 5.59. The summed E-state index contributed by atoms with van der Waals surface area (Å²) in [5, 5.41) is 15.5. The average Bonchev–Trinajstić information content (AvgIpc) is 2.86. The summed E-state index contributed by atoms with van der Waals surface area (Å²) in [6, 6.07) is 18.5. The van der Waals surface area contributed by atoms with Crippen LogP contribution in [0.3, 0.4) is 0 Å². The number of ether oxygens (including phenoxy) is 2. The summed E-state index contributed by atoms with van der Waals surface area (Å²) in [6.45, 7) is 0. The molecule has 7 nitrogen and oxygen atoms in total. The number of benzene rings is 3. The Balaban J connectivity index is 0.000000435. The number of carboxylic acids is 1. The fourth-order valence-corrected chi connectivity index (χ4v) is 1.96. The Morgan fingerprint density at radius 1 is 0.719 bits per heavy atom. The third kappa shape index (κ3) is 11.2. The van der Waals surface area contributed by atoms with Gasteiger partial charge in [-0.2, -0.15) is 0 Å². The summed E-state index contributed by atoms with van der Waals surface area (Å²) >= 11 is 0.